The molecule has 90 valence electrons. The highest BCUT2D eigenvalue weighted by Crippen LogP contribution is 2.22. The summed E-state index contributed by atoms with van der Waals surface area (Å²) in [6, 6.07) is 0. The average Bonchev–Trinajstić information content (AvgIpc) is 2.70. The lowest BCUT2D eigenvalue weighted by molar-refractivity contribution is 0.0960. The van der Waals surface area contributed by atoms with Crippen LogP contribution in [0.25, 0.3) is 0 Å². The van der Waals surface area contributed by atoms with Crippen molar-refractivity contribution in [1.82, 2.24) is 4.98 Å². The van der Waals surface area contributed by atoms with Crippen LogP contribution in [0.4, 0.5) is 0 Å². The maximum Gasteiger partial charge on any atom is 0.174 e. The van der Waals surface area contributed by atoms with Crippen LogP contribution >= 0.6 is 11.3 Å². The number of nitrogens with zero attached hydrogens (tertiary/aromatic N) is 1. The van der Waals surface area contributed by atoms with E-state index >= 15 is 0 Å². The van der Waals surface area contributed by atoms with Gasteiger partial charge in [-0.1, -0.05) is 39.5 Å². The van der Waals surface area contributed by atoms with E-state index < -0.39 is 0 Å². The summed E-state index contributed by atoms with van der Waals surface area (Å²) >= 11 is 1.47. The predicted molar refractivity (Wildman–Crippen MR) is 69.1 cm³/mol. The molecule has 1 unspecified atom stereocenters. The first kappa shape index (κ1) is 13.4. The van der Waals surface area contributed by atoms with Gasteiger partial charge in [0.15, 0.2) is 5.78 Å². The van der Waals surface area contributed by atoms with E-state index in [4.69, 9.17) is 0 Å². The van der Waals surface area contributed by atoms with Gasteiger partial charge in [-0.2, -0.15) is 0 Å². The zero-order chi connectivity index (χ0) is 12.0. The molecule has 16 heavy (non-hydrogen) atoms. The van der Waals surface area contributed by atoms with E-state index in [9.17, 15) is 4.79 Å². The van der Waals surface area contributed by atoms with E-state index in [0.29, 0.717) is 12.3 Å². The molecule has 0 aliphatic rings. The van der Waals surface area contributed by atoms with Crippen molar-refractivity contribution in [2.75, 3.05) is 0 Å². The van der Waals surface area contributed by atoms with Gasteiger partial charge in [-0.3, -0.25) is 4.79 Å². The molecule has 1 aromatic rings. The lowest BCUT2D eigenvalue weighted by Gasteiger charge is -2.12. The predicted octanol–water partition coefficient (Wildman–Crippen LogP) is 4.24. The van der Waals surface area contributed by atoms with Gasteiger partial charge in [-0.15, -0.1) is 11.3 Å². The fraction of sp³-hybridized carbons (Fsp3) is 0.692. The molecule has 1 rings (SSSR count). The summed E-state index contributed by atoms with van der Waals surface area (Å²) in [4.78, 5) is 17.0. The number of unbranched alkanes of at least 4 members (excludes halogenated alkanes) is 1. The van der Waals surface area contributed by atoms with Crippen LogP contribution in [0.2, 0.25) is 0 Å². The highest BCUT2D eigenvalue weighted by Gasteiger charge is 2.16. The highest BCUT2D eigenvalue weighted by molar-refractivity contribution is 7.11. The van der Waals surface area contributed by atoms with Crippen molar-refractivity contribution in [1.29, 1.82) is 0 Å². The quantitative estimate of drug-likeness (QED) is 0.666. The fourth-order valence-corrected chi connectivity index (χ4v) is 2.62. The molecule has 0 N–H and O–H groups in total. The molecule has 0 aromatic carbocycles. The molecule has 0 amide bonds. The lowest BCUT2D eigenvalue weighted by atomic mass is 9.93. The maximum absolute atomic E-state index is 12.0. The Morgan fingerprint density at radius 3 is 2.75 bits per heavy atom. The van der Waals surface area contributed by atoms with Gasteiger partial charge in [-0.25, -0.2) is 4.98 Å². The first-order valence-corrected chi connectivity index (χ1v) is 7.00. The molecule has 1 aromatic heterocycles. The summed E-state index contributed by atoms with van der Waals surface area (Å²) < 4.78 is 0. The van der Waals surface area contributed by atoms with E-state index in [1.807, 2.05) is 6.92 Å². The van der Waals surface area contributed by atoms with Crippen LogP contribution in [0.3, 0.4) is 0 Å². The molecule has 2 nitrogen and oxygen atoms in total. The van der Waals surface area contributed by atoms with Crippen LogP contribution in [0, 0.1) is 12.8 Å². The largest absolute Gasteiger partial charge is 0.293 e. The van der Waals surface area contributed by atoms with E-state index in [1.165, 1.54) is 30.6 Å². The van der Waals surface area contributed by atoms with Gasteiger partial charge < -0.3 is 0 Å². The molecular formula is C13H21NOS. The van der Waals surface area contributed by atoms with E-state index in [0.717, 1.165) is 17.0 Å². The molecule has 0 radical (unpaired) electrons. The van der Waals surface area contributed by atoms with Crippen LogP contribution in [0.15, 0.2) is 5.51 Å². The SMILES string of the molecule is CCCCC(CC)CC(=O)c1scnc1C. The second kappa shape index (κ2) is 6.79. The Morgan fingerprint density at radius 2 is 2.25 bits per heavy atom. The second-order valence-electron chi connectivity index (χ2n) is 4.31. The Labute approximate surface area is 102 Å². The van der Waals surface area contributed by atoms with Gasteiger partial charge in [0.2, 0.25) is 0 Å². The summed E-state index contributed by atoms with van der Waals surface area (Å²) in [6.07, 6.45) is 5.41. The van der Waals surface area contributed by atoms with Crippen LogP contribution in [-0.4, -0.2) is 10.8 Å². The van der Waals surface area contributed by atoms with Gasteiger partial charge in [-0.05, 0) is 12.8 Å². The Morgan fingerprint density at radius 1 is 1.50 bits per heavy atom. The molecule has 0 aliphatic carbocycles. The van der Waals surface area contributed by atoms with Crippen molar-refractivity contribution < 1.29 is 4.79 Å². The van der Waals surface area contributed by atoms with Crippen molar-refractivity contribution in [3.8, 4) is 0 Å². The number of thiazole rings is 1. The average molecular weight is 239 g/mol. The fourth-order valence-electron chi connectivity index (χ4n) is 1.87. The maximum atomic E-state index is 12.0. The molecule has 0 saturated heterocycles. The van der Waals surface area contributed by atoms with Crippen LogP contribution in [0.1, 0.15) is 61.3 Å². The number of carbonyl (C=O) groups excluding carboxylic acids is 1. The first-order valence-electron chi connectivity index (χ1n) is 6.12. The summed E-state index contributed by atoms with van der Waals surface area (Å²) in [6.45, 7) is 6.28. The van der Waals surface area contributed by atoms with Gasteiger partial charge in [0.25, 0.3) is 0 Å². The van der Waals surface area contributed by atoms with Crippen LogP contribution < -0.4 is 0 Å². The normalized spacial score (nSPS) is 12.7. The molecule has 0 saturated carbocycles. The zero-order valence-electron chi connectivity index (χ0n) is 10.5. The van der Waals surface area contributed by atoms with Crippen molar-refractivity contribution >= 4 is 17.1 Å². The molecule has 0 fully saturated rings. The Kier molecular flexibility index (Phi) is 5.67. The summed E-state index contributed by atoms with van der Waals surface area (Å²) in [5.41, 5.74) is 2.65. The third kappa shape index (κ3) is 3.71. The Balaban J connectivity index is 2.52. The minimum absolute atomic E-state index is 0.281. The van der Waals surface area contributed by atoms with Crippen molar-refractivity contribution in [3.63, 3.8) is 0 Å². The number of ketones is 1. The third-order valence-electron chi connectivity index (χ3n) is 3.02. The molecule has 0 spiro atoms. The van der Waals surface area contributed by atoms with Crippen molar-refractivity contribution in [2.24, 2.45) is 5.92 Å². The van der Waals surface area contributed by atoms with Gasteiger partial charge >= 0.3 is 0 Å². The number of carbonyl (C=O) groups is 1. The van der Waals surface area contributed by atoms with Crippen molar-refractivity contribution in [3.05, 3.63) is 16.1 Å². The smallest absolute Gasteiger partial charge is 0.174 e. The van der Waals surface area contributed by atoms with Crippen LogP contribution in [0.5, 0.6) is 0 Å². The Hall–Kier alpha value is -0.700. The lowest BCUT2D eigenvalue weighted by Crippen LogP contribution is -2.08. The van der Waals surface area contributed by atoms with Gasteiger partial charge in [0.05, 0.1) is 16.1 Å². The second-order valence-corrected chi connectivity index (χ2v) is 5.17. The number of aromatic nitrogens is 1. The number of hydrogen-bond donors (Lipinski definition) is 0. The monoisotopic (exact) mass is 239 g/mol. The van der Waals surface area contributed by atoms with E-state index in [2.05, 4.69) is 18.8 Å². The Bertz CT molecular complexity index is 332. The molecule has 1 heterocycles. The van der Waals surface area contributed by atoms with Gasteiger partial charge in [0.1, 0.15) is 0 Å². The zero-order valence-corrected chi connectivity index (χ0v) is 11.3. The molecule has 0 bridgehead atoms. The number of rotatable bonds is 7. The van der Waals surface area contributed by atoms with E-state index in [-0.39, 0.29) is 5.78 Å². The first-order chi connectivity index (χ1) is 7.69. The topological polar surface area (TPSA) is 30.0 Å². The molecule has 3 heteroatoms. The standard InChI is InChI=1S/C13H21NOS/c1-4-6-7-11(5-2)8-12(15)13-10(3)14-9-16-13/h9,11H,4-8H2,1-3H3. The highest BCUT2D eigenvalue weighted by atomic mass is 32.1. The summed E-state index contributed by atoms with van der Waals surface area (Å²) in [7, 11) is 0. The molecule has 1 atom stereocenters. The summed E-state index contributed by atoms with van der Waals surface area (Å²) in [5.74, 6) is 0.830. The molecule has 0 aliphatic heterocycles. The van der Waals surface area contributed by atoms with E-state index in [1.54, 1.807) is 5.51 Å². The minimum atomic E-state index is 0.281. The number of hydrogen-bond acceptors (Lipinski definition) is 3. The summed E-state index contributed by atoms with van der Waals surface area (Å²) in [5, 5.41) is 0. The third-order valence-corrected chi connectivity index (χ3v) is 3.99. The number of aryl methyl sites for hydroxylation is 1. The van der Waals surface area contributed by atoms with Crippen molar-refractivity contribution in [2.45, 2.75) is 52.9 Å². The minimum Gasteiger partial charge on any atom is -0.293 e. The molecular weight excluding hydrogens is 218 g/mol. The number of Topliss-reactive ketones (excluding diaryl/α,β-unsaturated/α-hetero) is 1. The van der Waals surface area contributed by atoms with Gasteiger partial charge in [0, 0.05) is 6.42 Å². The van der Waals surface area contributed by atoms with Crippen LogP contribution in [-0.2, 0) is 0 Å².